The van der Waals surface area contributed by atoms with Crippen LogP contribution in [-0.2, 0) is 17.8 Å². The number of amides is 1. The van der Waals surface area contributed by atoms with Gasteiger partial charge in [0, 0.05) is 37.1 Å². The minimum atomic E-state index is 0.0368. The first-order chi connectivity index (χ1) is 12.3. The number of aromatic nitrogens is 4. The molecule has 0 saturated heterocycles. The van der Waals surface area contributed by atoms with E-state index in [1.165, 1.54) is 12.8 Å². The van der Waals surface area contributed by atoms with Crippen molar-refractivity contribution >= 4 is 5.91 Å². The van der Waals surface area contributed by atoms with Gasteiger partial charge in [0.2, 0.25) is 5.91 Å². The van der Waals surface area contributed by atoms with Crippen LogP contribution >= 0.6 is 0 Å². The molecule has 1 amide bonds. The average Bonchev–Trinajstić information content (AvgIpc) is 3.11. The van der Waals surface area contributed by atoms with Crippen molar-refractivity contribution in [1.82, 2.24) is 24.6 Å². The molecule has 0 unspecified atom stereocenters. The van der Waals surface area contributed by atoms with Crippen molar-refractivity contribution in [3.05, 3.63) is 66.5 Å². The van der Waals surface area contributed by atoms with Gasteiger partial charge in [-0.1, -0.05) is 12.1 Å². The lowest BCUT2D eigenvalue weighted by Gasteiger charge is -2.08. The van der Waals surface area contributed by atoms with E-state index in [0.29, 0.717) is 18.9 Å². The highest BCUT2D eigenvalue weighted by Gasteiger charge is 2.28. The smallest absolute Gasteiger partial charge is 0.224 e. The molecule has 0 spiro atoms. The molecule has 0 atom stereocenters. The summed E-state index contributed by atoms with van der Waals surface area (Å²) in [5.74, 6) is 1.65. The van der Waals surface area contributed by atoms with E-state index in [1.807, 2.05) is 57.9 Å². The lowest BCUT2D eigenvalue weighted by atomic mass is 10.1. The predicted molar refractivity (Wildman–Crippen MR) is 94.5 cm³/mol. The van der Waals surface area contributed by atoms with Crippen molar-refractivity contribution in [3.63, 3.8) is 0 Å². The molecule has 128 valence electrons. The van der Waals surface area contributed by atoms with Crippen molar-refractivity contribution in [2.24, 2.45) is 0 Å². The Morgan fingerprint density at radius 1 is 1.16 bits per heavy atom. The highest BCUT2D eigenvalue weighted by Crippen LogP contribution is 2.38. The zero-order chi connectivity index (χ0) is 17.1. The third kappa shape index (κ3) is 3.79. The van der Waals surface area contributed by atoms with E-state index in [-0.39, 0.29) is 5.91 Å². The van der Waals surface area contributed by atoms with Gasteiger partial charge >= 0.3 is 0 Å². The van der Waals surface area contributed by atoms with Gasteiger partial charge < -0.3 is 14.5 Å². The van der Waals surface area contributed by atoms with E-state index in [1.54, 1.807) is 6.33 Å². The zero-order valence-electron chi connectivity index (χ0n) is 14.0. The number of hydrogen-bond donors (Lipinski definition) is 1. The number of hydrogen-bond acceptors (Lipinski definition) is 3. The third-order valence-corrected chi connectivity index (χ3v) is 4.47. The van der Waals surface area contributed by atoms with Crippen LogP contribution in [0.25, 0.3) is 5.69 Å². The van der Waals surface area contributed by atoms with Crippen molar-refractivity contribution in [2.75, 3.05) is 6.54 Å². The van der Waals surface area contributed by atoms with Gasteiger partial charge in [-0.15, -0.1) is 10.2 Å². The van der Waals surface area contributed by atoms with E-state index >= 15 is 0 Å². The Labute approximate surface area is 146 Å². The first-order valence-corrected chi connectivity index (χ1v) is 8.66. The molecular formula is C19H21N5O. The maximum absolute atomic E-state index is 12.1. The number of carbonyl (C=O) groups excluding carboxylic acids is 1. The van der Waals surface area contributed by atoms with Gasteiger partial charge in [-0.3, -0.25) is 4.79 Å². The highest BCUT2D eigenvalue weighted by molar-refractivity contribution is 5.78. The second kappa shape index (κ2) is 6.93. The van der Waals surface area contributed by atoms with Crippen molar-refractivity contribution in [1.29, 1.82) is 0 Å². The van der Waals surface area contributed by atoms with Gasteiger partial charge in [0.15, 0.2) is 0 Å². The summed E-state index contributed by atoms with van der Waals surface area (Å²) in [6.45, 7) is 1.31. The monoisotopic (exact) mass is 335 g/mol. The summed E-state index contributed by atoms with van der Waals surface area (Å²) in [7, 11) is 0. The summed E-state index contributed by atoms with van der Waals surface area (Å²) < 4.78 is 4.09. The number of carbonyl (C=O) groups is 1. The minimum Gasteiger partial charge on any atom is -0.354 e. The lowest BCUT2D eigenvalue weighted by molar-refractivity contribution is -0.120. The zero-order valence-corrected chi connectivity index (χ0v) is 14.0. The average molecular weight is 335 g/mol. The predicted octanol–water partition coefficient (Wildman–Crippen LogP) is 2.31. The molecule has 4 rings (SSSR count). The summed E-state index contributed by atoms with van der Waals surface area (Å²) in [6.07, 6.45) is 8.54. The lowest BCUT2D eigenvalue weighted by Crippen LogP contribution is -2.28. The van der Waals surface area contributed by atoms with Gasteiger partial charge in [-0.05, 0) is 42.7 Å². The Hall–Kier alpha value is -2.89. The van der Waals surface area contributed by atoms with Crippen molar-refractivity contribution in [2.45, 2.75) is 31.7 Å². The van der Waals surface area contributed by atoms with Crippen molar-refractivity contribution in [3.8, 4) is 5.69 Å². The number of rotatable bonds is 7. The van der Waals surface area contributed by atoms with Crippen LogP contribution in [-0.4, -0.2) is 31.8 Å². The maximum Gasteiger partial charge on any atom is 0.224 e. The SMILES string of the molecule is O=C(Cc1ccc(-n2cccc2)cc1)NCCn1cnnc1C1CC1. The maximum atomic E-state index is 12.1. The van der Waals surface area contributed by atoms with Crippen LogP contribution in [0.15, 0.2) is 55.1 Å². The molecule has 1 fully saturated rings. The molecule has 6 nitrogen and oxygen atoms in total. The highest BCUT2D eigenvalue weighted by atomic mass is 16.1. The Morgan fingerprint density at radius 3 is 2.64 bits per heavy atom. The van der Waals surface area contributed by atoms with Gasteiger partial charge in [0.05, 0.1) is 6.42 Å². The summed E-state index contributed by atoms with van der Waals surface area (Å²) in [5.41, 5.74) is 2.10. The number of nitrogens with one attached hydrogen (secondary N) is 1. The molecule has 0 aliphatic heterocycles. The molecule has 25 heavy (non-hydrogen) atoms. The summed E-state index contributed by atoms with van der Waals surface area (Å²) in [6, 6.07) is 12.0. The van der Waals surface area contributed by atoms with Crippen LogP contribution in [0.1, 0.15) is 30.1 Å². The van der Waals surface area contributed by atoms with E-state index in [0.717, 1.165) is 23.6 Å². The van der Waals surface area contributed by atoms with Gasteiger partial charge in [0.25, 0.3) is 0 Å². The molecule has 3 aromatic rings. The van der Waals surface area contributed by atoms with Crippen LogP contribution < -0.4 is 5.32 Å². The van der Waals surface area contributed by atoms with Crippen LogP contribution in [0.3, 0.4) is 0 Å². The molecule has 0 bridgehead atoms. The standard InChI is InChI=1S/C19H21N5O/c25-18(20-9-12-24-14-21-22-19(24)16-5-6-16)13-15-3-7-17(8-4-15)23-10-1-2-11-23/h1-4,7-8,10-11,14,16H,5-6,9,12-13H2,(H,20,25). The Kier molecular flexibility index (Phi) is 4.33. The second-order valence-electron chi connectivity index (χ2n) is 6.44. The Bertz CT molecular complexity index is 831. The van der Waals surface area contributed by atoms with Crippen LogP contribution in [0.2, 0.25) is 0 Å². The fourth-order valence-corrected chi connectivity index (χ4v) is 2.95. The molecule has 2 heterocycles. The molecule has 6 heteroatoms. The Balaban J connectivity index is 1.26. The first-order valence-electron chi connectivity index (χ1n) is 8.66. The van der Waals surface area contributed by atoms with E-state index in [9.17, 15) is 4.79 Å². The molecule has 1 aromatic carbocycles. The molecular weight excluding hydrogens is 314 g/mol. The quantitative estimate of drug-likeness (QED) is 0.720. The topological polar surface area (TPSA) is 64.7 Å². The van der Waals surface area contributed by atoms with E-state index in [4.69, 9.17) is 0 Å². The van der Waals surface area contributed by atoms with Gasteiger partial charge in [-0.25, -0.2) is 0 Å². The summed E-state index contributed by atoms with van der Waals surface area (Å²) in [4.78, 5) is 12.1. The minimum absolute atomic E-state index is 0.0368. The summed E-state index contributed by atoms with van der Waals surface area (Å²) in [5, 5.41) is 11.1. The molecule has 1 N–H and O–H groups in total. The number of benzene rings is 1. The van der Waals surface area contributed by atoms with Crippen molar-refractivity contribution < 1.29 is 4.79 Å². The fourth-order valence-electron chi connectivity index (χ4n) is 2.95. The largest absolute Gasteiger partial charge is 0.354 e. The second-order valence-corrected chi connectivity index (χ2v) is 6.44. The van der Waals surface area contributed by atoms with Crippen LogP contribution in [0.5, 0.6) is 0 Å². The molecule has 0 radical (unpaired) electrons. The third-order valence-electron chi connectivity index (χ3n) is 4.47. The molecule has 1 aliphatic rings. The first kappa shape index (κ1) is 15.6. The van der Waals surface area contributed by atoms with E-state index < -0.39 is 0 Å². The van der Waals surface area contributed by atoms with Gasteiger partial charge in [-0.2, -0.15) is 0 Å². The summed E-state index contributed by atoms with van der Waals surface area (Å²) >= 11 is 0. The fraction of sp³-hybridized carbons (Fsp3) is 0.316. The molecule has 1 saturated carbocycles. The number of nitrogens with zero attached hydrogens (tertiary/aromatic N) is 4. The van der Waals surface area contributed by atoms with E-state index in [2.05, 4.69) is 15.5 Å². The molecule has 1 aliphatic carbocycles. The van der Waals surface area contributed by atoms with Crippen LogP contribution in [0.4, 0.5) is 0 Å². The molecule has 2 aromatic heterocycles. The Morgan fingerprint density at radius 2 is 1.92 bits per heavy atom. The normalized spacial score (nSPS) is 13.8. The van der Waals surface area contributed by atoms with Crippen LogP contribution in [0, 0.1) is 0 Å². The van der Waals surface area contributed by atoms with Gasteiger partial charge in [0.1, 0.15) is 12.2 Å².